The molecule has 0 spiro atoms. The third-order valence-corrected chi connectivity index (χ3v) is 3.85. The molecule has 1 aliphatic rings. The van der Waals surface area contributed by atoms with Crippen LogP contribution < -0.4 is 0 Å². The SMILES string of the molecule is CCOC(=O)/C(=C/C1OC=Cc2ccccc21)CC(=O)C(C)(C)C. The second kappa shape index (κ2) is 7.47. The smallest absolute Gasteiger partial charge is 0.334 e. The lowest BCUT2D eigenvalue weighted by molar-refractivity contribution is -0.140. The lowest BCUT2D eigenvalue weighted by atomic mass is 9.86. The predicted octanol–water partition coefficient (Wildman–Crippen LogP) is 4.22. The Labute approximate surface area is 143 Å². The summed E-state index contributed by atoms with van der Waals surface area (Å²) in [4.78, 5) is 24.6. The number of carbonyl (C=O) groups is 2. The van der Waals surface area contributed by atoms with E-state index in [0.717, 1.165) is 11.1 Å². The monoisotopic (exact) mass is 328 g/mol. The first kappa shape index (κ1) is 18.0. The van der Waals surface area contributed by atoms with E-state index in [1.165, 1.54) is 0 Å². The number of esters is 1. The van der Waals surface area contributed by atoms with E-state index in [1.807, 2.05) is 51.1 Å². The fourth-order valence-electron chi connectivity index (χ4n) is 2.37. The topological polar surface area (TPSA) is 52.6 Å². The summed E-state index contributed by atoms with van der Waals surface area (Å²) in [6, 6.07) is 7.81. The lowest BCUT2D eigenvalue weighted by Crippen LogP contribution is -2.23. The van der Waals surface area contributed by atoms with Crippen LogP contribution in [0.15, 0.2) is 42.2 Å². The van der Waals surface area contributed by atoms with Gasteiger partial charge in [0.2, 0.25) is 0 Å². The van der Waals surface area contributed by atoms with Gasteiger partial charge >= 0.3 is 5.97 Å². The van der Waals surface area contributed by atoms with Crippen LogP contribution in [0.5, 0.6) is 0 Å². The van der Waals surface area contributed by atoms with Gasteiger partial charge in [-0.25, -0.2) is 4.79 Å². The van der Waals surface area contributed by atoms with Gasteiger partial charge in [-0.2, -0.15) is 0 Å². The van der Waals surface area contributed by atoms with Gasteiger partial charge in [-0.05, 0) is 24.6 Å². The van der Waals surface area contributed by atoms with Crippen LogP contribution in [0.25, 0.3) is 6.08 Å². The molecule has 1 aromatic rings. The van der Waals surface area contributed by atoms with Crippen LogP contribution in [0.4, 0.5) is 0 Å². The summed E-state index contributed by atoms with van der Waals surface area (Å²) in [5.41, 5.74) is 1.82. The molecule has 0 fully saturated rings. The number of rotatable bonds is 5. The van der Waals surface area contributed by atoms with Crippen LogP contribution in [0.3, 0.4) is 0 Å². The molecule has 1 atom stereocenters. The van der Waals surface area contributed by atoms with Gasteiger partial charge in [0.1, 0.15) is 11.9 Å². The molecule has 0 N–H and O–H groups in total. The Morgan fingerprint density at radius 3 is 2.62 bits per heavy atom. The van der Waals surface area contributed by atoms with Crippen LogP contribution in [0.2, 0.25) is 0 Å². The average Bonchev–Trinajstić information content (AvgIpc) is 2.53. The van der Waals surface area contributed by atoms with E-state index in [2.05, 4.69) is 0 Å². The second-order valence-electron chi connectivity index (χ2n) is 6.75. The molecule has 1 heterocycles. The Hall–Kier alpha value is -2.36. The molecule has 1 aromatic carbocycles. The van der Waals surface area contributed by atoms with Gasteiger partial charge in [0.15, 0.2) is 0 Å². The zero-order valence-electron chi connectivity index (χ0n) is 14.7. The van der Waals surface area contributed by atoms with Gasteiger partial charge in [0.05, 0.1) is 12.9 Å². The first-order valence-electron chi connectivity index (χ1n) is 8.15. The molecule has 0 bridgehead atoms. The van der Waals surface area contributed by atoms with Crippen LogP contribution in [0.1, 0.15) is 51.3 Å². The van der Waals surface area contributed by atoms with E-state index in [4.69, 9.17) is 9.47 Å². The highest BCUT2D eigenvalue weighted by molar-refractivity contribution is 5.97. The highest BCUT2D eigenvalue weighted by atomic mass is 16.5. The van der Waals surface area contributed by atoms with E-state index in [0.29, 0.717) is 5.57 Å². The molecule has 1 unspecified atom stereocenters. The lowest BCUT2D eigenvalue weighted by Gasteiger charge is -2.22. The fourth-order valence-corrected chi connectivity index (χ4v) is 2.37. The van der Waals surface area contributed by atoms with Gasteiger partial charge in [-0.15, -0.1) is 0 Å². The highest BCUT2D eigenvalue weighted by Crippen LogP contribution is 2.31. The molecule has 0 saturated heterocycles. The standard InChI is InChI=1S/C20H24O4/c1-5-23-19(22)15(13-18(21)20(2,3)4)12-17-16-9-7-6-8-14(16)10-11-24-17/h6-12,17H,5,13H2,1-4H3/b15-12+. The maximum Gasteiger partial charge on any atom is 0.334 e. The Kier molecular flexibility index (Phi) is 5.60. The number of benzene rings is 1. The van der Waals surface area contributed by atoms with Crippen molar-refractivity contribution in [3.63, 3.8) is 0 Å². The number of ether oxygens (including phenoxy) is 2. The summed E-state index contributed by atoms with van der Waals surface area (Å²) in [6.45, 7) is 7.53. The van der Waals surface area contributed by atoms with Gasteiger partial charge in [0, 0.05) is 23.0 Å². The zero-order valence-corrected chi connectivity index (χ0v) is 14.7. The summed E-state index contributed by atoms with van der Waals surface area (Å²) in [5, 5.41) is 0. The van der Waals surface area contributed by atoms with Crippen molar-refractivity contribution in [1.82, 2.24) is 0 Å². The molecular weight excluding hydrogens is 304 g/mol. The maximum atomic E-state index is 12.4. The summed E-state index contributed by atoms with van der Waals surface area (Å²) >= 11 is 0. The van der Waals surface area contributed by atoms with Crippen LogP contribution in [-0.2, 0) is 19.1 Å². The summed E-state index contributed by atoms with van der Waals surface area (Å²) in [5.74, 6) is -0.479. The molecule has 2 rings (SSSR count). The Bertz CT molecular complexity index is 677. The number of hydrogen-bond acceptors (Lipinski definition) is 4. The minimum absolute atomic E-state index is 0.0126. The Morgan fingerprint density at radius 2 is 1.96 bits per heavy atom. The molecule has 24 heavy (non-hydrogen) atoms. The van der Waals surface area contributed by atoms with E-state index in [-0.39, 0.29) is 18.8 Å². The largest absolute Gasteiger partial charge is 0.489 e. The van der Waals surface area contributed by atoms with E-state index < -0.39 is 17.5 Å². The van der Waals surface area contributed by atoms with Gasteiger partial charge in [0.25, 0.3) is 0 Å². The zero-order chi connectivity index (χ0) is 17.7. The minimum Gasteiger partial charge on any atom is -0.489 e. The van der Waals surface area contributed by atoms with Crippen molar-refractivity contribution >= 4 is 17.8 Å². The Balaban J connectivity index is 2.33. The predicted molar refractivity (Wildman–Crippen MR) is 93.1 cm³/mol. The van der Waals surface area contributed by atoms with Gasteiger partial charge < -0.3 is 9.47 Å². The van der Waals surface area contributed by atoms with Crippen molar-refractivity contribution in [1.29, 1.82) is 0 Å². The third-order valence-electron chi connectivity index (χ3n) is 3.85. The fraction of sp³-hybridized carbons (Fsp3) is 0.400. The molecule has 128 valence electrons. The van der Waals surface area contributed by atoms with Gasteiger partial charge in [-0.3, -0.25) is 4.79 Å². The molecule has 4 nitrogen and oxygen atoms in total. The molecule has 0 saturated carbocycles. The average molecular weight is 328 g/mol. The number of hydrogen-bond donors (Lipinski definition) is 0. The number of ketones is 1. The van der Waals surface area contributed by atoms with Crippen molar-refractivity contribution < 1.29 is 19.1 Å². The van der Waals surface area contributed by atoms with Crippen molar-refractivity contribution in [2.75, 3.05) is 6.61 Å². The second-order valence-corrected chi connectivity index (χ2v) is 6.75. The van der Waals surface area contributed by atoms with Crippen molar-refractivity contribution in [2.24, 2.45) is 5.41 Å². The highest BCUT2D eigenvalue weighted by Gasteiger charge is 2.27. The summed E-state index contributed by atoms with van der Waals surface area (Å²) in [6.07, 6.45) is 4.82. The van der Waals surface area contributed by atoms with Crippen molar-refractivity contribution in [2.45, 2.75) is 40.2 Å². The minimum atomic E-state index is -0.517. The van der Waals surface area contributed by atoms with Crippen molar-refractivity contribution in [3.05, 3.63) is 53.3 Å². The maximum absolute atomic E-state index is 12.4. The summed E-state index contributed by atoms with van der Waals surface area (Å²) in [7, 11) is 0. The van der Waals surface area contributed by atoms with Gasteiger partial charge in [-0.1, -0.05) is 45.0 Å². The molecule has 0 amide bonds. The molecule has 0 aliphatic carbocycles. The first-order chi connectivity index (χ1) is 11.3. The summed E-state index contributed by atoms with van der Waals surface area (Å²) < 4.78 is 10.8. The Morgan fingerprint density at radius 1 is 1.25 bits per heavy atom. The van der Waals surface area contributed by atoms with E-state index >= 15 is 0 Å². The quantitative estimate of drug-likeness (QED) is 0.600. The third kappa shape index (κ3) is 4.34. The number of fused-ring (bicyclic) bond motifs is 1. The van der Waals surface area contributed by atoms with E-state index in [1.54, 1.807) is 19.3 Å². The van der Waals surface area contributed by atoms with E-state index in [9.17, 15) is 9.59 Å². The molecule has 0 radical (unpaired) electrons. The van der Waals surface area contributed by atoms with Crippen molar-refractivity contribution in [3.8, 4) is 0 Å². The van der Waals surface area contributed by atoms with Crippen LogP contribution in [-0.4, -0.2) is 18.4 Å². The first-order valence-corrected chi connectivity index (χ1v) is 8.15. The number of Topliss-reactive ketones (excluding diaryl/α,β-unsaturated/α-hetero) is 1. The molecule has 1 aliphatic heterocycles. The molecular formula is C20H24O4. The molecule has 4 heteroatoms. The molecule has 0 aromatic heterocycles. The normalized spacial score (nSPS) is 17.0. The van der Waals surface area contributed by atoms with Crippen LogP contribution in [0, 0.1) is 5.41 Å². The number of carbonyl (C=O) groups excluding carboxylic acids is 2. The van der Waals surface area contributed by atoms with Crippen LogP contribution >= 0.6 is 0 Å².